The summed E-state index contributed by atoms with van der Waals surface area (Å²) in [5, 5.41) is 15.2. The molecule has 0 spiro atoms. The number of nitrogens with one attached hydrogen (secondary N) is 2. The topological polar surface area (TPSA) is 56.1 Å². The highest BCUT2D eigenvalue weighted by molar-refractivity contribution is 6.34. The van der Waals surface area contributed by atoms with Crippen LogP contribution >= 0.6 is 11.6 Å². The van der Waals surface area contributed by atoms with Crippen LogP contribution in [-0.4, -0.2) is 11.0 Å². The van der Waals surface area contributed by atoms with Gasteiger partial charge in [0.05, 0.1) is 10.6 Å². The van der Waals surface area contributed by atoms with E-state index in [0.717, 1.165) is 12.1 Å². The lowest BCUT2D eigenvalue weighted by Gasteiger charge is -2.13. The van der Waals surface area contributed by atoms with E-state index >= 15 is 0 Å². The van der Waals surface area contributed by atoms with Crippen molar-refractivity contribution >= 4 is 17.4 Å². The molecular formula is C8H6ClF3N2O. The molecule has 0 radical (unpaired) electrons. The maximum absolute atomic E-state index is 12.5. The van der Waals surface area contributed by atoms with E-state index in [-0.39, 0.29) is 5.02 Å². The molecule has 0 aliphatic rings. The molecule has 3 nitrogen and oxygen atoms in total. The van der Waals surface area contributed by atoms with Gasteiger partial charge in [0, 0.05) is 5.56 Å². The summed E-state index contributed by atoms with van der Waals surface area (Å²) in [7, 11) is 0. The Bertz CT molecular complexity index is 392. The van der Waals surface area contributed by atoms with E-state index in [4.69, 9.17) is 22.2 Å². The predicted molar refractivity (Wildman–Crippen MR) is 48.2 cm³/mol. The van der Waals surface area contributed by atoms with Crippen LogP contribution in [0.15, 0.2) is 18.2 Å². The summed E-state index contributed by atoms with van der Waals surface area (Å²) in [6, 6.07) is 3.12. The third-order valence-corrected chi connectivity index (χ3v) is 2.00. The lowest BCUT2D eigenvalue weighted by Crippen LogP contribution is -2.23. The molecule has 0 saturated carbocycles. The van der Waals surface area contributed by atoms with Gasteiger partial charge in [0.15, 0.2) is 5.84 Å². The molecule has 0 bridgehead atoms. The second-order valence-corrected chi connectivity index (χ2v) is 3.05. The zero-order valence-electron chi connectivity index (χ0n) is 7.19. The van der Waals surface area contributed by atoms with Crippen LogP contribution in [0.25, 0.3) is 0 Å². The van der Waals surface area contributed by atoms with Gasteiger partial charge in [-0.15, -0.1) is 0 Å². The Labute approximate surface area is 87.9 Å². The Morgan fingerprint density at radius 2 is 2.00 bits per heavy atom. The third kappa shape index (κ3) is 2.40. The molecule has 0 saturated heterocycles. The molecule has 0 unspecified atom stereocenters. The van der Waals surface area contributed by atoms with Crippen molar-refractivity contribution in [3.63, 3.8) is 0 Å². The first-order chi connectivity index (χ1) is 6.88. The van der Waals surface area contributed by atoms with E-state index in [1.165, 1.54) is 11.5 Å². The molecule has 1 aromatic carbocycles. The summed E-state index contributed by atoms with van der Waals surface area (Å²) in [5.41, 5.74) is -0.309. The van der Waals surface area contributed by atoms with Gasteiger partial charge < -0.3 is 0 Å². The summed E-state index contributed by atoms with van der Waals surface area (Å²) in [4.78, 5) is 0. The first-order valence-corrected chi connectivity index (χ1v) is 4.10. The quantitative estimate of drug-likeness (QED) is 0.400. The SMILES string of the molecule is N=C(NO)c1c(Cl)cccc1C(F)(F)F. The summed E-state index contributed by atoms with van der Waals surface area (Å²) < 4.78 is 37.4. The molecular weight excluding hydrogens is 233 g/mol. The van der Waals surface area contributed by atoms with E-state index in [2.05, 4.69) is 0 Å². The van der Waals surface area contributed by atoms with Gasteiger partial charge >= 0.3 is 6.18 Å². The van der Waals surface area contributed by atoms with Gasteiger partial charge in [-0.25, -0.2) is 0 Å². The number of hydroxylamine groups is 1. The van der Waals surface area contributed by atoms with Gasteiger partial charge in [-0.1, -0.05) is 17.7 Å². The lowest BCUT2D eigenvalue weighted by atomic mass is 10.1. The second-order valence-electron chi connectivity index (χ2n) is 2.65. The number of hydrogen-bond donors (Lipinski definition) is 3. The number of alkyl halides is 3. The highest BCUT2D eigenvalue weighted by Gasteiger charge is 2.35. The van der Waals surface area contributed by atoms with Crippen LogP contribution in [0.4, 0.5) is 13.2 Å². The highest BCUT2D eigenvalue weighted by Crippen LogP contribution is 2.34. The average Bonchev–Trinajstić information content (AvgIpc) is 2.15. The van der Waals surface area contributed by atoms with Crippen molar-refractivity contribution in [2.45, 2.75) is 6.18 Å². The monoisotopic (exact) mass is 238 g/mol. The molecule has 0 aliphatic heterocycles. The Morgan fingerprint density at radius 1 is 1.40 bits per heavy atom. The molecule has 0 aromatic heterocycles. The average molecular weight is 239 g/mol. The van der Waals surface area contributed by atoms with E-state index in [1.807, 2.05) is 0 Å². The molecule has 3 N–H and O–H groups in total. The second kappa shape index (κ2) is 4.08. The van der Waals surface area contributed by atoms with Crippen LogP contribution in [0.5, 0.6) is 0 Å². The first-order valence-electron chi connectivity index (χ1n) is 3.72. The van der Waals surface area contributed by atoms with Crippen molar-refractivity contribution in [1.82, 2.24) is 5.48 Å². The van der Waals surface area contributed by atoms with E-state index in [9.17, 15) is 13.2 Å². The molecule has 0 aliphatic carbocycles. The van der Waals surface area contributed by atoms with E-state index < -0.39 is 23.1 Å². The van der Waals surface area contributed by atoms with Crippen LogP contribution < -0.4 is 5.48 Å². The van der Waals surface area contributed by atoms with Crippen molar-refractivity contribution in [3.05, 3.63) is 34.3 Å². The third-order valence-electron chi connectivity index (χ3n) is 1.68. The molecule has 1 rings (SSSR count). The van der Waals surface area contributed by atoms with Gasteiger partial charge in [0.1, 0.15) is 0 Å². The summed E-state index contributed by atoms with van der Waals surface area (Å²) in [6.45, 7) is 0. The Hall–Kier alpha value is -1.27. The fourth-order valence-electron chi connectivity index (χ4n) is 1.07. The van der Waals surface area contributed by atoms with Crippen LogP contribution in [-0.2, 0) is 6.18 Å². The first kappa shape index (κ1) is 11.8. The minimum absolute atomic E-state index is 0.253. The maximum atomic E-state index is 12.5. The molecule has 7 heteroatoms. The van der Waals surface area contributed by atoms with Crippen molar-refractivity contribution < 1.29 is 18.4 Å². The van der Waals surface area contributed by atoms with Crippen molar-refractivity contribution in [2.24, 2.45) is 0 Å². The lowest BCUT2D eigenvalue weighted by molar-refractivity contribution is -0.137. The minimum atomic E-state index is -4.62. The Morgan fingerprint density at radius 3 is 2.47 bits per heavy atom. The molecule has 15 heavy (non-hydrogen) atoms. The van der Waals surface area contributed by atoms with Crippen LogP contribution in [0.2, 0.25) is 5.02 Å². The Balaban J connectivity index is 3.40. The van der Waals surface area contributed by atoms with Gasteiger partial charge in [-0.2, -0.15) is 13.2 Å². The number of amidine groups is 1. The van der Waals surface area contributed by atoms with Gasteiger partial charge in [0.25, 0.3) is 0 Å². The summed E-state index contributed by atoms with van der Waals surface area (Å²) >= 11 is 5.52. The number of rotatable bonds is 1. The molecule has 0 heterocycles. The standard InChI is InChI=1S/C8H6ClF3N2O/c9-5-3-1-2-4(8(10,11)12)6(5)7(13)14-15/h1-3,15H,(H2,13,14). The molecule has 0 fully saturated rings. The van der Waals surface area contributed by atoms with Crippen LogP contribution in [0.3, 0.4) is 0 Å². The van der Waals surface area contributed by atoms with Gasteiger partial charge in [0.2, 0.25) is 0 Å². The summed E-state index contributed by atoms with van der Waals surface area (Å²) in [6.07, 6.45) is -4.62. The van der Waals surface area contributed by atoms with Crippen molar-refractivity contribution in [3.8, 4) is 0 Å². The zero-order chi connectivity index (χ0) is 11.6. The van der Waals surface area contributed by atoms with E-state index in [1.54, 1.807) is 0 Å². The van der Waals surface area contributed by atoms with E-state index in [0.29, 0.717) is 0 Å². The fourth-order valence-corrected chi connectivity index (χ4v) is 1.34. The molecule has 0 atom stereocenters. The highest BCUT2D eigenvalue weighted by atomic mass is 35.5. The van der Waals surface area contributed by atoms with Gasteiger partial charge in [-0.05, 0) is 12.1 Å². The number of halogens is 4. The predicted octanol–water partition coefficient (Wildman–Crippen LogP) is 2.66. The maximum Gasteiger partial charge on any atom is 0.417 e. The van der Waals surface area contributed by atoms with Crippen molar-refractivity contribution in [2.75, 3.05) is 0 Å². The smallest absolute Gasteiger partial charge is 0.290 e. The zero-order valence-corrected chi connectivity index (χ0v) is 7.95. The number of hydrogen-bond acceptors (Lipinski definition) is 2. The normalized spacial score (nSPS) is 11.3. The summed E-state index contributed by atoms with van der Waals surface area (Å²) in [5.74, 6) is -0.798. The van der Waals surface area contributed by atoms with Crippen LogP contribution in [0, 0.1) is 5.41 Å². The van der Waals surface area contributed by atoms with Crippen molar-refractivity contribution in [1.29, 1.82) is 5.41 Å². The molecule has 1 aromatic rings. The fraction of sp³-hybridized carbons (Fsp3) is 0.125. The molecule has 0 amide bonds. The largest absolute Gasteiger partial charge is 0.417 e. The van der Waals surface area contributed by atoms with Gasteiger partial charge in [-0.3, -0.25) is 16.1 Å². The van der Waals surface area contributed by atoms with Crippen LogP contribution in [0.1, 0.15) is 11.1 Å². The number of benzene rings is 1. The Kier molecular flexibility index (Phi) is 3.21. The minimum Gasteiger partial charge on any atom is -0.290 e. The molecule has 82 valence electrons.